The highest BCUT2D eigenvalue weighted by molar-refractivity contribution is 7.90. The molecule has 3 aromatic rings. The molecule has 8 heteroatoms. The van der Waals surface area contributed by atoms with Gasteiger partial charge < -0.3 is 9.64 Å². The molecule has 0 aromatic heterocycles. The van der Waals surface area contributed by atoms with Gasteiger partial charge in [0.2, 0.25) is 5.91 Å². The Morgan fingerprint density at radius 2 is 1.79 bits per heavy atom. The molecule has 3 aromatic carbocycles. The molecule has 7 nitrogen and oxygen atoms in total. The van der Waals surface area contributed by atoms with E-state index in [9.17, 15) is 13.2 Å². The van der Waals surface area contributed by atoms with E-state index in [4.69, 9.17) is 4.74 Å². The fourth-order valence-corrected chi connectivity index (χ4v) is 5.33. The van der Waals surface area contributed by atoms with Crippen LogP contribution in [0.2, 0.25) is 0 Å². The molecule has 0 aliphatic carbocycles. The molecule has 0 spiro atoms. The van der Waals surface area contributed by atoms with Gasteiger partial charge >= 0.3 is 0 Å². The second-order valence-corrected chi connectivity index (χ2v) is 10.3. The molecule has 0 saturated carbocycles. The van der Waals surface area contributed by atoms with Gasteiger partial charge in [0.05, 0.1) is 12.0 Å². The number of amidine groups is 1. The first-order valence-corrected chi connectivity index (χ1v) is 12.7. The van der Waals surface area contributed by atoms with Crippen molar-refractivity contribution in [3.05, 3.63) is 71.8 Å². The highest BCUT2D eigenvalue weighted by atomic mass is 32.2. The molecule has 1 heterocycles. The van der Waals surface area contributed by atoms with Crippen molar-refractivity contribution in [2.45, 2.75) is 37.8 Å². The standard InChI is InChI=1S/C26H29N3O4S/c1-5-17(2)24(27-25-22-8-6-7-9-23(22)34(31,32)28-25)26(30)29(3)16-18-10-11-20-15-21(33-4)13-12-19(20)14-18/h6-15,17,24H,5,16H2,1-4H3,(H,27,28)/t17-,24-/m0/s1. The molecule has 0 radical (unpaired) electrons. The maximum atomic E-state index is 13.5. The molecule has 0 saturated heterocycles. The number of rotatable bonds is 7. The minimum atomic E-state index is -3.67. The summed E-state index contributed by atoms with van der Waals surface area (Å²) in [4.78, 5) is 20.0. The Hall–Kier alpha value is -3.39. The molecular weight excluding hydrogens is 450 g/mol. The first kappa shape index (κ1) is 23.8. The van der Waals surface area contributed by atoms with Gasteiger partial charge in [-0.1, -0.05) is 50.6 Å². The average molecular weight is 480 g/mol. The number of carbonyl (C=O) groups excluding carboxylic acids is 1. The van der Waals surface area contributed by atoms with Gasteiger partial charge in [-0.3, -0.25) is 14.5 Å². The van der Waals surface area contributed by atoms with Crippen LogP contribution in [0, 0.1) is 5.92 Å². The summed E-state index contributed by atoms with van der Waals surface area (Å²) in [6.45, 7) is 4.37. The fraction of sp³-hybridized carbons (Fsp3) is 0.308. The van der Waals surface area contributed by atoms with Crippen LogP contribution in [0.25, 0.3) is 10.8 Å². The number of likely N-dealkylation sites (N-methyl/N-ethyl adjacent to an activating group) is 1. The van der Waals surface area contributed by atoms with Crippen molar-refractivity contribution in [1.29, 1.82) is 0 Å². The number of nitrogens with zero attached hydrogens (tertiary/aromatic N) is 2. The van der Waals surface area contributed by atoms with E-state index < -0.39 is 16.1 Å². The number of nitrogens with one attached hydrogen (secondary N) is 1. The molecule has 1 aliphatic rings. The highest BCUT2D eigenvalue weighted by Crippen LogP contribution is 2.26. The summed E-state index contributed by atoms with van der Waals surface area (Å²) in [5.41, 5.74) is 1.49. The summed E-state index contributed by atoms with van der Waals surface area (Å²) >= 11 is 0. The van der Waals surface area contributed by atoms with E-state index in [2.05, 4.69) is 15.8 Å². The third-order valence-electron chi connectivity index (χ3n) is 6.27. The Bertz CT molecular complexity index is 1370. The zero-order valence-electron chi connectivity index (χ0n) is 19.8. The number of sulfonamides is 1. The van der Waals surface area contributed by atoms with Gasteiger partial charge in [-0.05, 0) is 52.6 Å². The molecule has 0 unspecified atom stereocenters. The maximum Gasteiger partial charge on any atom is 0.263 e. The van der Waals surface area contributed by atoms with Gasteiger partial charge in [0.15, 0.2) is 0 Å². The molecule has 4 rings (SSSR count). The van der Waals surface area contributed by atoms with Crippen LogP contribution in [0.1, 0.15) is 31.4 Å². The predicted octanol–water partition coefficient (Wildman–Crippen LogP) is 3.96. The number of amides is 1. The zero-order valence-corrected chi connectivity index (χ0v) is 20.6. The Kier molecular flexibility index (Phi) is 6.61. The average Bonchev–Trinajstić information content (AvgIpc) is 3.11. The zero-order chi connectivity index (χ0) is 24.5. The van der Waals surface area contributed by atoms with Crippen LogP contribution in [-0.4, -0.2) is 45.3 Å². The Labute approximate surface area is 200 Å². The van der Waals surface area contributed by atoms with Crippen LogP contribution >= 0.6 is 0 Å². The van der Waals surface area contributed by atoms with Gasteiger partial charge in [0, 0.05) is 19.2 Å². The minimum absolute atomic E-state index is 0.0659. The van der Waals surface area contributed by atoms with E-state index >= 15 is 0 Å². The summed E-state index contributed by atoms with van der Waals surface area (Å²) < 4.78 is 32.8. The molecule has 34 heavy (non-hydrogen) atoms. The highest BCUT2D eigenvalue weighted by Gasteiger charge is 2.33. The van der Waals surface area contributed by atoms with Crippen molar-refractivity contribution < 1.29 is 17.9 Å². The van der Waals surface area contributed by atoms with Crippen molar-refractivity contribution in [3.63, 3.8) is 0 Å². The SMILES string of the molecule is CC[C@H](C)[C@H](N=C1NS(=O)(=O)c2ccccc21)C(=O)N(C)Cc1ccc2cc(OC)ccc2c1. The van der Waals surface area contributed by atoms with Crippen LogP contribution in [0.5, 0.6) is 5.75 Å². The van der Waals surface area contributed by atoms with Gasteiger partial charge in [-0.15, -0.1) is 0 Å². The molecular formula is C26H29N3O4S. The van der Waals surface area contributed by atoms with Crippen molar-refractivity contribution in [1.82, 2.24) is 9.62 Å². The summed E-state index contributed by atoms with van der Waals surface area (Å²) in [7, 11) is -0.274. The molecule has 0 fully saturated rings. The predicted molar refractivity (Wildman–Crippen MR) is 134 cm³/mol. The van der Waals surface area contributed by atoms with Crippen molar-refractivity contribution in [3.8, 4) is 5.75 Å². The van der Waals surface area contributed by atoms with E-state index in [1.807, 2.05) is 44.2 Å². The lowest BCUT2D eigenvalue weighted by Crippen LogP contribution is -2.40. The third kappa shape index (κ3) is 4.63. The summed E-state index contributed by atoms with van der Waals surface area (Å²) in [5, 5.41) is 2.13. The van der Waals surface area contributed by atoms with Gasteiger partial charge in [0.1, 0.15) is 17.6 Å². The maximum absolute atomic E-state index is 13.5. The van der Waals surface area contributed by atoms with Gasteiger partial charge in [-0.25, -0.2) is 8.42 Å². The Morgan fingerprint density at radius 3 is 2.53 bits per heavy atom. The Balaban J connectivity index is 1.60. The van der Waals surface area contributed by atoms with E-state index in [1.54, 1.807) is 43.3 Å². The second kappa shape index (κ2) is 9.46. The lowest BCUT2D eigenvalue weighted by Gasteiger charge is -2.25. The quantitative estimate of drug-likeness (QED) is 0.556. The van der Waals surface area contributed by atoms with Crippen LogP contribution in [-0.2, 0) is 21.4 Å². The van der Waals surface area contributed by atoms with E-state index in [-0.39, 0.29) is 22.6 Å². The van der Waals surface area contributed by atoms with Crippen molar-refractivity contribution >= 4 is 32.5 Å². The first-order valence-electron chi connectivity index (χ1n) is 11.2. The summed E-state index contributed by atoms with van der Waals surface area (Å²) in [6.07, 6.45) is 0.729. The molecule has 178 valence electrons. The fourth-order valence-electron chi connectivity index (χ4n) is 4.09. The van der Waals surface area contributed by atoms with Gasteiger partial charge in [-0.2, -0.15) is 0 Å². The van der Waals surface area contributed by atoms with E-state index in [0.717, 1.165) is 28.5 Å². The van der Waals surface area contributed by atoms with Crippen molar-refractivity contribution in [2.24, 2.45) is 10.9 Å². The minimum Gasteiger partial charge on any atom is -0.497 e. The second-order valence-electron chi connectivity index (χ2n) is 8.65. The normalized spacial score (nSPS) is 17.1. The Morgan fingerprint density at radius 1 is 1.09 bits per heavy atom. The lowest BCUT2D eigenvalue weighted by atomic mass is 9.98. The first-order chi connectivity index (χ1) is 16.2. The molecule has 1 N–H and O–H groups in total. The molecule has 0 bridgehead atoms. The molecule has 2 atom stereocenters. The lowest BCUT2D eigenvalue weighted by molar-refractivity contribution is -0.132. The van der Waals surface area contributed by atoms with Crippen LogP contribution in [0.4, 0.5) is 0 Å². The number of carbonyl (C=O) groups is 1. The van der Waals surface area contributed by atoms with Crippen LogP contribution < -0.4 is 9.46 Å². The number of ether oxygens (including phenoxy) is 1. The summed E-state index contributed by atoms with van der Waals surface area (Å²) in [5.74, 6) is 0.804. The third-order valence-corrected chi connectivity index (χ3v) is 7.67. The van der Waals surface area contributed by atoms with Crippen LogP contribution in [0.3, 0.4) is 0 Å². The number of hydrogen-bond acceptors (Lipinski definition) is 5. The largest absolute Gasteiger partial charge is 0.497 e. The molecule has 1 amide bonds. The van der Waals surface area contributed by atoms with Crippen molar-refractivity contribution in [2.75, 3.05) is 14.2 Å². The smallest absolute Gasteiger partial charge is 0.263 e. The number of aliphatic imine (C=N–C) groups is 1. The number of fused-ring (bicyclic) bond motifs is 2. The monoisotopic (exact) mass is 479 g/mol. The van der Waals surface area contributed by atoms with Crippen LogP contribution in [0.15, 0.2) is 70.6 Å². The van der Waals surface area contributed by atoms with E-state index in [1.165, 1.54) is 0 Å². The van der Waals surface area contributed by atoms with E-state index in [0.29, 0.717) is 12.1 Å². The number of benzene rings is 3. The number of methoxy groups -OCH3 is 1. The molecule has 1 aliphatic heterocycles. The van der Waals surface area contributed by atoms with Gasteiger partial charge in [0.25, 0.3) is 10.0 Å². The number of hydrogen-bond donors (Lipinski definition) is 1. The topological polar surface area (TPSA) is 88.1 Å². The summed E-state index contributed by atoms with van der Waals surface area (Å²) in [6, 6.07) is 17.9.